The van der Waals surface area contributed by atoms with Crippen LogP contribution in [-0.4, -0.2) is 92.8 Å². The number of ether oxygens (including phenoxy) is 2. The molecule has 5 atom stereocenters. The van der Waals surface area contributed by atoms with E-state index in [-0.39, 0.29) is 12.8 Å². The van der Waals surface area contributed by atoms with Crippen molar-refractivity contribution in [1.29, 1.82) is 0 Å². The summed E-state index contributed by atoms with van der Waals surface area (Å²) in [5.74, 6) is -1.23. The van der Waals surface area contributed by atoms with E-state index in [4.69, 9.17) is 23.8 Å². The van der Waals surface area contributed by atoms with Gasteiger partial charge in [0.25, 0.3) is 0 Å². The van der Waals surface area contributed by atoms with Gasteiger partial charge in [0, 0.05) is 12.8 Å². The molecule has 0 aromatic rings. The molecule has 1 unspecified atom stereocenters. The smallest absolute Gasteiger partial charge is 0.462 e. The maximum absolute atomic E-state index is 12.7. The topological polar surface area (TPSA) is 236 Å². The van der Waals surface area contributed by atoms with Crippen LogP contribution in [0.1, 0.15) is 142 Å². The molecule has 15 nitrogen and oxygen atoms in total. The lowest BCUT2D eigenvalue weighted by Crippen LogP contribution is -2.30. The minimum absolute atomic E-state index is 0.00317. The minimum atomic E-state index is -4.89. The summed E-state index contributed by atoms with van der Waals surface area (Å²) in [5.41, 5.74) is 0. The molecule has 0 saturated heterocycles. The number of phosphoric acid groups is 2. The molecule has 17 heteroatoms. The lowest BCUT2D eigenvalue weighted by molar-refractivity contribution is -0.161. The van der Waals surface area contributed by atoms with Crippen LogP contribution in [0, 0.1) is 0 Å². The normalized spacial score (nSPS) is 15.7. The summed E-state index contributed by atoms with van der Waals surface area (Å²) >= 11 is 0. The van der Waals surface area contributed by atoms with Gasteiger partial charge in [0.2, 0.25) is 0 Å². The number of aliphatic hydroxyl groups excluding tert-OH is 3. The molecule has 0 saturated carbocycles. The van der Waals surface area contributed by atoms with E-state index in [0.29, 0.717) is 32.1 Å². The van der Waals surface area contributed by atoms with Gasteiger partial charge in [-0.1, -0.05) is 150 Å². The van der Waals surface area contributed by atoms with Crippen molar-refractivity contribution in [3.63, 3.8) is 0 Å². The number of aliphatic hydroxyl groups is 3. The van der Waals surface area contributed by atoms with Gasteiger partial charge >= 0.3 is 27.6 Å². The van der Waals surface area contributed by atoms with Gasteiger partial charge < -0.3 is 39.5 Å². The zero-order chi connectivity index (χ0) is 46.9. The highest BCUT2D eigenvalue weighted by Crippen LogP contribution is 2.43. The first kappa shape index (κ1) is 60.2. The van der Waals surface area contributed by atoms with Crippen LogP contribution in [0.15, 0.2) is 85.1 Å². The highest BCUT2D eigenvalue weighted by atomic mass is 31.2. The van der Waals surface area contributed by atoms with Crippen LogP contribution in [0.5, 0.6) is 0 Å². The van der Waals surface area contributed by atoms with Gasteiger partial charge in [0.15, 0.2) is 6.10 Å². The molecule has 0 aromatic heterocycles. The van der Waals surface area contributed by atoms with Gasteiger partial charge in [-0.2, -0.15) is 0 Å². The Hall–Kier alpha value is -2.78. The maximum atomic E-state index is 12.7. The number of phosphoric ester groups is 2. The molecule has 0 aliphatic carbocycles. The summed E-state index contributed by atoms with van der Waals surface area (Å²) in [5, 5.41) is 29.7. The zero-order valence-corrected chi connectivity index (χ0v) is 39.4. The molecule has 63 heavy (non-hydrogen) atoms. The molecule has 0 aromatic carbocycles. The second-order valence-corrected chi connectivity index (χ2v) is 17.7. The van der Waals surface area contributed by atoms with Crippen LogP contribution in [-0.2, 0) is 41.8 Å². The summed E-state index contributed by atoms with van der Waals surface area (Å²) in [6.07, 6.45) is 39.3. The number of hydrogen-bond acceptors (Lipinski definition) is 12. The largest absolute Gasteiger partial charge is 0.472 e. The molecule has 0 spiro atoms. The Labute approximate surface area is 376 Å². The van der Waals surface area contributed by atoms with Crippen molar-refractivity contribution in [3.8, 4) is 0 Å². The molecule has 0 aliphatic heterocycles. The highest BCUT2D eigenvalue weighted by molar-refractivity contribution is 7.47. The quantitative estimate of drug-likeness (QED) is 0.0110. The number of allylic oxidation sites excluding steroid dienone is 10. The number of carbonyl (C=O) groups is 2. The van der Waals surface area contributed by atoms with E-state index in [1.165, 1.54) is 38.5 Å². The molecule has 362 valence electrons. The Morgan fingerprint density at radius 2 is 1.13 bits per heavy atom. The van der Waals surface area contributed by atoms with E-state index in [2.05, 4.69) is 28.1 Å². The minimum Gasteiger partial charge on any atom is -0.462 e. The Balaban J connectivity index is 4.76. The fourth-order valence-corrected chi connectivity index (χ4v) is 6.65. The predicted octanol–water partition coefficient (Wildman–Crippen LogP) is 9.50. The van der Waals surface area contributed by atoms with E-state index in [1.807, 2.05) is 43.4 Å². The Bertz CT molecular complexity index is 1470. The molecule has 0 bridgehead atoms. The molecule has 0 fully saturated rings. The van der Waals surface area contributed by atoms with Crippen molar-refractivity contribution in [1.82, 2.24) is 0 Å². The molecule has 0 amide bonds. The number of hydrogen-bond donors (Lipinski definition) is 6. The summed E-state index contributed by atoms with van der Waals surface area (Å²) in [6.45, 7) is 1.33. The Kier molecular flexibility index (Phi) is 38.9. The second kappa shape index (κ2) is 40.7. The highest BCUT2D eigenvalue weighted by Gasteiger charge is 2.28. The predicted molar refractivity (Wildman–Crippen MR) is 246 cm³/mol. The van der Waals surface area contributed by atoms with Gasteiger partial charge in [-0.15, -0.1) is 0 Å². The number of unbranched alkanes of at least 4 members (excludes halogenated alkanes) is 12. The van der Waals surface area contributed by atoms with Crippen LogP contribution in [0.4, 0.5) is 0 Å². The third-order valence-electron chi connectivity index (χ3n) is 8.93. The van der Waals surface area contributed by atoms with E-state index in [0.717, 1.165) is 44.9 Å². The molecule has 6 N–H and O–H groups in total. The molecule has 0 heterocycles. The van der Waals surface area contributed by atoms with Crippen molar-refractivity contribution in [2.75, 3.05) is 26.4 Å². The third-order valence-corrected chi connectivity index (χ3v) is 10.4. The molecular weight excluding hydrogens is 854 g/mol. The summed E-state index contributed by atoms with van der Waals surface area (Å²) in [4.78, 5) is 52.7. The number of rotatable bonds is 41. The lowest BCUT2D eigenvalue weighted by atomic mass is 10.1. The first-order valence-electron chi connectivity index (χ1n) is 22.5. The second-order valence-electron chi connectivity index (χ2n) is 15.0. The molecule has 0 aliphatic rings. The monoisotopic (exact) mass is 932 g/mol. The molecule has 0 radical (unpaired) electrons. The van der Waals surface area contributed by atoms with E-state index >= 15 is 0 Å². The average Bonchev–Trinajstić information content (AvgIpc) is 3.23. The van der Waals surface area contributed by atoms with E-state index in [9.17, 15) is 38.9 Å². The zero-order valence-electron chi connectivity index (χ0n) is 37.6. The summed E-state index contributed by atoms with van der Waals surface area (Å²) in [6, 6.07) is 0. The van der Waals surface area contributed by atoms with Crippen molar-refractivity contribution in [3.05, 3.63) is 85.1 Å². The first-order valence-corrected chi connectivity index (χ1v) is 25.5. The fraction of sp³-hybridized carbons (Fsp3) is 0.652. The maximum Gasteiger partial charge on any atom is 0.472 e. The Morgan fingerprint density at radius 3 is 1.78 bits per heavy atom. The van der Waals surface area contributed by atoms with Crippen LogP contribution in [0.25, 0.3) is 0 Å². The van der Waals surface area contributed by atoms with Crippen LogP contribution in [0.2, 0.25) is 0 Å². The number of carbonyl (C=O) groups excluding carboxylic acids is 2. The molecular formula is C46H78O15P2. The van der Waals surface area contributed by atoms with Crippen molar-refractivity contribution >= 4 is 27.6 Å². The van der Waals surface area contributed by atoms with Gasteiger partial charge in [-0.25, -0.2) is 9.13 Å². The fourth-order valence-electron chi connectivity index (χ4n) is 5.49. The van der Waals surface area contributed by atoms with Gasteiger partial charge in [-0.05, 0) is 64.2 Å². The van der Waals surface area contributed by atoms with Crippen LogP contribution < -0.4 is 0 Å². The summed E-state index contributed by atoms with van der Waals surface area (Å²) in [7, 11) is -9.75. The van der Waals surface area contributed by atoms with Crippen molar-refractivity contribution in [2.24, 2.45) is 0 Å². The number of esters is 2. The standard InChI is InChI=1S/C46H78O15P2/c1-3-5-7-8-9-10-11-12-13-14-15-16-20-23-29-36-46(51)61-44(40-60-63(55,56)59-38-43(49)37-58-62(52,53)54)39-57-45(50)35-30-24-28-34-42(48)33-27-22-19-17-18-21-26-32-41(47)31-25-6-4-2/h6,12-13,18-19,21-22,25-28,32-34,41-44,47-49H,3-5,7-11,14-17,20,23-24,29-31,35-40H2,1-2H3,(H,55,56)(H2,52,53,54)/b13-12-,21-18-,22-19-,25-6-,32-26+,33-27+,34-28-/t41-,42-,43+,44-/m1/s1. The first-order chi connectivity index (χ1) is 30.2. The van der Waals surface area contributed by atoms with Gasteiger partial charge in [0.05, 0.1) is 32.0 Å². The summed E-state index contributed by atoms with van der Waals surface area (Å²) < 4.78 is 47.6. The van der Waals surface area contributed by atoms with Crippen molar-refractivity contribution in [2.45, 2.75) is 167 Å². The van der Waals surface area contributed by atoms with E-state index < -0.39 is 78.4 Å². The molecule has 0 rings (SSSR count). The van der Waals surface area contributed by atoms with E-state index in [1.54, 1.807) is 36.5 Å². The lowest BCUT2D eigenvalue weighted by Gasteiger charge is -2.20. The third kappa shape index (κ3) is 44.2. The Morgan fingerprint density at radius 1 is 0.556 bits per heavy atom. The SMILES string of the molecule is CC/C=C\C[C@@H](O)/C=C/C=C\C/C=C\C=C\[C@@H](O)/C=C\CCCC(=O)OC[C@H](COP(=O)(O)OC[C@@H](O)COP(=O)(O)O)OC(=O)CCCCCCC/C=C\CCCCCCCC. The van der Waals surface area contributed by atoms with Crippen LogP contribution >= 0.6 is 15.6 Å². The average molecular weight is 933 g/mol. The van der Waals surface area contributed by atoms with Crippen molar-refractivity contribution < 1.29 is 71.8 Å². The van der Waals surface area contributed by atoms with Gasteiger partial charge in [0.1, 0.15) is 12.7 Å². The van der Waals surface area contributed by atoms with Gasteiger partial charge in [-0.3, -0.25) is 23.2 Å². The van der Waals surface area contributed by atoms with Crippen LogP contribution in [0.3, 0.4) is 0 Å².